The minimum absolute atomic E-state index is 0.153. The van der Waals surface area contributed by atoms with Crippen LogP contribution in [0, 0.1) is 5.92 Å². The highest BCUT2D eigenvalue weighted by atomic mass is 16.6. The molecule has 1 fully saturated rings. The van der Waals surface area contributed by atoms with Crippen molar-refractivity contribution >= 4 is 34.7 Å². The summed E-state index contributed by atoms with van der Waals surface area (Å²) < 4.78 is 6.90. The van der Waals surface area contributed by atoms with E-state index in [1.165, 1.54) is 15.8 Å². The predicted molar refractivity (Wildman–Crippen MR) is 148 cm³/mol. The molecule has 4 rings (SSSR count). The van der Waals surface area contributed by atoms with Gasteiger partial charge in [-0.2, -0.15) is 0 Å². The predicted octanol–water partition coefficient (Wildman–Crippen LogP) is 2.96. The normalized spacial score (nSPS) is 17.8. The summed E-state index contributed by atoms with van der Waals surface area (Å²) in [5.41, 5.74) is 7.76. The lowest BCUT2D eigenvalue weighted by Gasteiger charge is -2.40. The summed E-state index contributed by atoms with van der Waals surface area (Å²) in [6, 6.07) is 9.14. The number of piperidine rings is 1. The molecule has 0 radical (unpaired) electrons. The van der Waals surface area contributed by atoms with Gasteiger partial charge in [-0.1, -0.05) is 19.1 Å². The van der Waals surface area contributed by atoms with Gasteiger partial charge in [0, 0.05) is 58.7 Å². The number of rotatable bonds is 7. The Morgan fingerprint density at radius 2 is 1.79 bits per heavy atom. The van der Waals surface area contributed by atoms with Gasteiger partial charge in [-0.05, 0) is 49.7 Å². The average Bonchev–Trinajstić information content (AvgIpc) is 3.35. The Labute approximate surface area is 223 Å². The molecule has 3 heterocycles. The summed E-state index contributed by atoms with van der Waals surface area (Å²) in [5.74, 6) is 1.35. The fourth-order valence-corrected chi connectivity index (χ4v) is 4.78. The standard InChI is InChI=1S/C27H38N8O3/c1-19-10-12-31(2)16-23(19)34(5)24-22-11-13-35(25(22)30-18-29-24)26(36)32(3)14-15-33(4)27(37)38-17-20-6-8-21(28)9-7-20/h6-9,11,13,18-19,23H,10,12,14-17,28H2,1-5H3. The maximum Gasteiger partial charge on any atom is 0.409 e. The third-order valence-electron chi connectivity index (χ3n) is 7.37. The molecule has 2 N–H and O–H groups in total. The number of aromatic nitrogens is 3. The van der Waals surface area contributed by atoms with Crippen LogP contribution in [0.2, 0.25) is 0 Å². The number of hydrogen-bond acceptors (Lipinski definition) is 8. The maximum absolute atomic E-state index is 13.3. The molecule has 0 bridgehead atoms. The number of fused-ring (bicyclic) bond motifs is 1. The lowest BCUT2D eigenvalue weighted by Crippen LogP contribution is -2.50. The molecular formula is C27H38N8O3. The third kappa shape index (κ3) is 5.99. The summed E-state index contributed by atoms with van der Waals surface area (Å²) in [6.07, 6.45) is 3.92. The van der Waals surface area contributed by atoms with E-state index in [0.717, 1.165) is 36.3 Å². The molecule has 204 valence electrons. The number of nitrogen functional groups attached to an aromatic ring is 1. The Morgan fingerprint density at radius 1 is 1.08 bits per heavy atom. The molecule has 38 heavy (non-hydrogen) atoms. The van der Waals surface area contributed by atoms with Gasteiger partial charge in [0.2, 0.25) is 0 Å². The molecule has 1 saturated heterocycles. The highest BCUT2D eigenvalue weighted by Crippen LogP contribution is 2.29. The van der Waals surface area contributed by atoms with Crippen molar-refractivity contribution in [1.82, 2.24) is 29.2 Å². The number of ether oxygens (including phenoxy) is 1. The van der Waals surface area contributed by atoms with Gasteiger partial charge in [-0.25, -0.2) is 19.6 Å². The largest absolute Gasteiger partial charge is 0.445 e. The van der Waals surface area contributed by atoms with Crippen LogP contribution in [0.15, 0.2) is 42.9 Å². The Balaban J connectivity index is 1.37. The van der Waals surface area contributed by atoms with Crippen molar-refractivity contribution < 1.29 is 14.3 Å². The van der Waals surface area contributed by atoms with Gasteiger partial charge in [0.25, 0.3) is 0 Å². The van der Waals surface area contributed by atoms with Crippen molar-refractivity contribution in [2.75, 3.05) is 65.0 Å². The Bertz CT molecular complexity index is 1260. The van der Waals surface area contributed by atoms with E-state index < -0.39 is 6.09 Å². The molecule has 0 spiro atoms. The number of nitrogens with zero attached hydrogens (tertiary/aromatic N) is 7. The SMILES string of the molecule is CC1CCN(C)CC1N(C)c1ncnc2c1ccn2C(=O)N(C)CCN(C)C(=O)OCc1ccc(N)cc1. The first-order chi connectivity index (χ1) is 18.2. The number of anilines is 2. The van der Waals surface area contributed by atoms with Crippen molar-refractivity contribution in [2.24, 2.45) is 5.92 Å². The van der Waals surface area contributed by atoms with Crippen molar-refractivity contribution in [3.63, 3.8) is 0 Å². The van der Waals surface area contributed by atoms with E-state index >= 15 is 0 Å². The minimum Gasteiger partial charge on any atom is -0.445 e. The van der Waals surface area contributed by atoms with Crippen LogP contribution in [0.3, 0.4) is 0 Å². The fourth-order valence-electron chi connectivity index (χ4n) is 4.78. The maximum atomic E-state index is 13.3. The summed E-state index contributed by atoms with van der Waals surface area (Å²) in [4.78, 5) is 42.2. The first kappa shape index (κ1) is 27.2. The Morgan fingerprint density at radius 3 is 2.53 bits per heavy atom. The van der Waals surface area contributed by atoms with Crippen molar-refractivity contribution in [2.45, 2.75) is 26.0 Å². The number of likely N-dealkylation sites (tertiary alicyclic amines) is 1. The molecule has 1 aromatic carbocycles. The minimum atomic E-state index is -0.461. The van der Waals surface area contributed by atoms with Crippen LogP contribution in [0.5, 0.6) is 0 Å². The van der Waals surface area contributed by atoms with Gasteiger partial charge in [0.15, 0.2) is 5.65 Å². The number of nitrogens with two attached hydrogens (primary N) is 1. The van der Waals surface area contributed by atoms with Crippen LogP contribution in [0.4, 0.5) is 21.1 Å². The lowest BCUT2D eigenvalue weighted by molar-refractivity contribution is 0.102. The molecule has 2 unspecified atom stereocenters. The van der Waals surface area contributed by atoms with E-state index in [1.807, 2.05) is 18.2 Å². The van der Waals surface area contributed by atoms with Crippen molar-refractivity contribution in [3.05, 3.63) is 48.4 Å². The Hall–Kier alpha value is -3.86. The molecule has 0 saturated carbocycles. The van der Waals surface area contributed by atoms with Crippen molar-refractivity contribution in [1.29, 1.82) is 0 Å². The number of benzene rings is 1. The summed E-state index contributed by atoms with van der Waals surface area (Å²) in [7, 11) is 7.56. The van der Waals surface area contributed by atoms with Crippen LogP contribution in [-0.4, -0.2) is 102 Å². The first-order valence-electron chi connectivity index (χ1n) is 12.9. The average molecular weight is 523 g/mol. The molecule has 3 aromatic rings. The highest BCUT2D eigenvalue weighted by Gasteiger charge is 2.30. The van der Waals surface area contributed by atoms with Gasteiger partial charge in [-0.3, -0.25) is 4.57 Å². The molecule has 2 amide bonds. The van der Waals surface area contributed by atoms with E-state index in [0.29, 0.717) is 36.4 Å². The number of carbonyl (C=O) groups is 2. The van der Waals surface area contributed by atoms with Gasteiger partial charge in [0.05, 0.1) is 5.39 Å². The second kappa shape index (κ2) is 11.7. The number of amides is 2. The van der Waals surface area contributed by atoms with Crippen LogP contribution in [-0.2, 0) is 11.3 Å². The van der Waals surface area contributed by atoms with E-state index in [-0.39, 0.29) is 12.6 Å². The fraction of sp³-hybridized carbons (Fsp3) is 0.481. The smallest absolute Gasteiger partial charge is 0.409 e. The molecule has 0 aliphatic carbocycles. The molecule has 1 aliphatic rings. The lowest BCUT2D eigenvalue weighted by atomic mass is 9.92. The zero-order valence-corrected chi connectivity index (χ0v) is 22.9. The monoisotopic (exact) mass is 522 g/mol. The van der Waals surface area contributed by atoms with Crippen LogP contribution >= 0.6 is 0 Å². The summed E-state index contributed by atoms with van der Waals surface area (Å²) in [6.45, 7) is 5.13. The number of hydrogen-bond donors (Lipinski definition) is 1. The number of likely N-dealkylation sites (N-methyl/N-ethyl adjacent to an activating group) is 4. The quantitative estimate of drug-likeness (QED) is 0.471. The molecule has 1 aliphatic heterocycles. The third-order valence-corrected chi connectivity index (χ3v) is 7.37. The first-order valence-corrected chi connectivity index (χ1v) is 12.9. The van der Waals surface area contributed by atoms with Gasteiger partial charge >= 0.3 is 12.1 Å². The highest BCUT2D eigenvalue weighted by molar-refractivity contribution is 5.94. The molecular weight excluding hydrogens is 484 g/mol. The molecule has 2 atom stereocenters. The van der Waals surface area contributed by atoms with E-state index in [9.17, 15) is 9.59 Å². The van der Waals surface area contributed by atoms with Crippen LogP contribution in [0.1, 0.15) is 18.9 Å². The zero-order chi connectivity index (χ0) is 27.4. The van der Waals surface area contributed by atoms with Gasteiger partial charge < -0.3 is 30.1 Å². The number of carbonyl (C=O) groups excluding carboxylic acids is 2. The second-order valence-corrected chi connectivity index (χ2v) is 10.2. The Kier molecular flexibility index (Phi) is 8.35. The molecule has 11 heteroatoms. The van der Waals surface area contributed by atoms with Gasteiger partial charge in [0.1, 0.15) is 18.8 Å². The molecule has 11 nitrogen and oxygen atoms in total. The topological polar surface area (TPSA) is 113 Å². The van der Waals surface area contributed by atoms with E-state index in [2.05, 4.69) is 40.8 Å². The van der Waals surface area contributed by atoms with Crippen molar-refractivity contribution in [3.8, 4) is 0 Å². The summed E-state index contributed by atoms with van der Waals surface area (Å²) >= 11 is 0. The summed E-state index contributed by atoms with van der Waals surface area (Å²) in [5, 5.41) is 0.834. The zero-order valence-electron chi connectivity index (χ0n) is 22.9. The van der Waals surface area contributed by atoms with Crippen LogP contribution < -0.4 is 10.6 Å². The van der Waals surface area contributed by atoms with E-state index in [4.69, 9.17) is 10.5 Å². The van der Waals surface area contributed by atoms with E-state index in [1.54, 1.807) is 37.3 Å². The van der Waals surface area contributed by atoms with Crippen LogP contribution in [0.25, 0.3) is 11.0 Å². The molecule has 2 aromatic heterocycles. The second-order valence-electron chi connectivity index (χ2n) is 10.2. The van der Waals surface area contributed by atoms with Gasteiger partial charge in [-0.15, -0.1) is 0 Å².